The third kappa shape index (κ3) is 4.07. The van der Waals surface area contributed by atoms with Crippen molar-refractivity contribution in [2.75, 3.05) is 12.8 Å². The number of nitrogens with two attached hydrogens (primary N) is 1. The maximum atomic E-state index is 12.0. The van der Waals surface area contributed by atoms with Crippen molar-refractivity contribution in [2.45, 2.75) is 10.8 Å². The summed E-state index contributed by atoms with van der Waals surface area (Å²) in [5.74, 6) is 0.351. The molecule has 3 rings (SSSR count). The fraction of sp³-hybridized carbons (Fsp3) is 0.174. The fourth-order valence-corrected chi connectivity index (χ4v) is 4.73. The second-order valence-corrected chi connectivity index (χ2v) is 7.55. The van der Waals surface area contributed by atoms with Crippen LogP contribution in [0.1, 0.15) is 16.7 Å². The molecule has 3 nitrogen and oxygen atoms in total. The highest BCUT2D eigenvalue weighted by molar-refractivity contribution is 8.00. The molecule has 0 aliphatic rings. The van der Waals surface area contributed by atoms with Crippen LogP contribution in [0.4, 0.5) is 0 Å². The van der Waals surface area contributed by atoms with Crippen molar-refractivity contribution < 1.29 is 4.79 Å². The number of benzene rings is 3. The summed E-state index contributed by atoms with van der Waals surface area (Å²) in [6.45, 7) is 0. The summed E-state index contributed by atoms with van der Waals surface area (Å²) in [4.78, 5) is 12.0. The average Bonchev–Trinajstić information content (AvgIpc) is 2.75. The predicted octanol–water partition coefficient (Wildman–Crippen LogP) is 3.79. The van der Waals surface area contributed by atoms with E-state index in [9.17, 15) is 4.79 Å². The molecule has 0 aliphatic carbocycles. The summed E-state index contributed by atoms with van der Waals surface area (Å²) >= 11 is 1.69. The Labute approximate surface area is 165 Å². The second kappa shape index (κ2) is 8.89. The molecule has 0 aliphatic heterocycles. The number of thioether (sulfide) groups is 1. The van der Waals surface area contributed by atoms with Gasteiger partial charge >= 0.3 is 0 Å². The Balaban J connectivity index is 2.15. The summed E-state index contributed by atoms with van der Waals surface area (Å²) in [5, 5.41) is 2.64. The van der Waals surface area contributed by atoms with Crippen LogP contribution in [0.25, 0.3) is 0 Å². The van der Waals surface area contributed by atoms with Gasteiger partial charge in [0, 0.05) is 12.8 Å². The van der Waals surface area contributed by atoms with Crippen LogP contribution in [-0.2, 0) is 9.54 Å². The fourth-order valence-electron chi connectivity index (χ4n) is 3.24. The van der Waals surface area contributed by atoms with Gasteiger partial charge in [-0.25, -0.2) is 0 Å². The third-order valence-corrected chi connectivity index (χ3v) is 6.27. The van der Waals surface area contributed by atoms with Crippen LogP contribution in [0.5, 0.6) is 0 Å². The molecule has 3 aromatic rings. The standard InChI is InChI=1S/C23H24N2OS/c1-25-22(26)21(24)17-27-23(18-11-5-2-6-12-18,19-13-7-3-8-14-19)20-15-9-4-10-16-20/h2-16,21H,17,24H2,1H3,(H,25,26)/t21-/m0/s1. The maximum Gasteiger partial charge on any atom is 0.237 e. The van der Waals surface area contributed by atoms with Crippen LogP contribution < -0.4 is 11.1 Å². The summed E-state index contributed by atoms with van der Waals surface area (Å²) in [7, 11) is 1.62. The highest BCUT2D eigenvalue weighted by Gasteiger charge is 2.37. The van der Waals surface area contributed by atoms with Crippen molar-refractivity contribution in [3.05, 3.63) is 108 Å². The van der Waals surface area contributed by atoms with Crippen molar-refractivity contribution in [3.63, 3.8) is 0 Å². The molecule has 138 valence electrons. The molecule has 4 heteroatoms. The number of carbonyl (C=O) groups is 1. The molecule has 0 saturated carbocycles. The first-order valence-electron chi connectivity index (χ1n) is 8.96. The molecule has 27 heavy (non-hydrogen) atoms. The van der Waals surface area contributed by atoms with E-state index in [0.717, 1.165) is 16.7 Å². The first kappa shape index (κ1) is 19.2. The second-order valence-electron chi connectivity index (χ2n) is 6.31. The van der Waals surface area contributed by atoms with E-state index in [1.807, 2.05) is 18.2 Å². The molecule has 1 atom stereocenters. The SMILES string of the molecule is CNC(=O)[C@@H](N)CSC(c1ccccc1)(c1ccccc1)c1ccccc1. The Kier molecular flexibility index (Phi) is 6.32. The molecule has 0 heterocycles. The molecule has 0 aromatic heterocycles. The highest BCUT2D eigenvalue weighted by atomic mass is 32.2. The maximum absolute atomic E-state index is 12.0. The van der Waals surface area contributed by atoms with Crippen molar-refractivity contribution in [3.8, 4) is 0 Å². The molecule has 3 aromatic carbocycles. The van der Waals surface area contributed by atoms with Gasteiger partial charge in [0.1, 0.15) is 0 Å². The summed E-state index contributed by atoms with van der Waals surface area (Å²) in [5.41, 5.74) is 9.63. The van der Waals surface area contributed by atoms with Gasteiger partial charge in [-0.05, 0) is 16.7 Å². The summed E-state index contributed by atoms with van der Waals surface area (Å²) in [6.07, 6.45) is 0. The predicted molar refractivity (Wildman–Crippen MR) is 114 cm³/mol. The highest BCUT2D eigenvalue weighted by Crippen LogP contribution is 2.48. The van der Waals surface area contributed by atoms with Crippen LogP contribution in [0, 0.1) is 0 Å². The normalized spacial score (nSPS) is 12.4. The lowest BCUT2D eigenvalue weighted by Crippen LogP contribution is -2.42. The monoisotopic (exact) mass is 376 g/mol. The van der Waals surface area contributed by atoms with Crippen molar-refractivity contribution in [2.24, 2.45) is 5.73 Å². The van der Waals surface area contributed by atoms with Gasteiger partial charge in [-0.3, -0.25) is 4.79 Å². The molecule has 0 spiro atoms. The number of carbonyl (C=O) groups excluding carboxylic acids is 1. The quantitative estimate of drug-likeness (QED) is 0.617. The number of hydrogen-bond acceptors (Lipinski definition) is 3. The lowest BCUT2D eigenvalue weighted by molar-refractivity contribution is -0.121. The Morgan fingerprint density at radius 3 is 1.56 bits per heavy atom. The van der Waals surface area contributed by atoms with Gasteiger partial charge in [-0.2, -0.15) is 0 Å². The molecule has 0 bridgehead atoms. The number of amides is 1. The van der Waals surface area contributed by atoms with E-state index in [0.29, 0.717) is 5.75 Å². The minimum absolute atomic E-state index is 0.148. The minimum Gasteiger partial charge on any atom is -0.358 e. The zero-order valence-corrected chi connectivity index (χ0v) is 16.2. The van der Waals surface area contributed by atoms with E-state index < -0.39 is 10.8 Å². The molecule has 3 N–H and O–H groups in total. The Hall–Kier alpha value is -2.56. The van der Waals surface area contributed by atoms with Crippen LogP contribution in [0.3, 0.4) is 0 Å². The lowest BCUT2D eigenvalue weighted by atomic mass is 9.84. The third-order valence-electron chi connectivity index (χ3n) is 4.60. The molecule has 1 amide bonds. The number of hydrogen-bond donors (Lipinski definition) is 2. The largest absolute Gasteiger partial charge is 0.358 e. The van der Waals surface area contributed by atoms with Crippen molar-refractivity contribution in [1.29, 1.82) is 0 Å². The Bertz CT molecular complexity index is 757. The van der Waals surface area contributed by atoms with Crippen molar-refractivity contribution >= 4 is 17.7 Å². The molecule has 0 unspecified atom stereocenters. The van der Waals surface area contributed by atoms with E-state index in [2.05, 4.69) is 78.1 Å². The smallest absolute Gasteiger partial charge is 0.237 e. The van der Waals surface area contributed by atoms with E-state index in [1.165, 1.54) is 0 Å². The van der Waals surface area contributed by atoms with Crippen molar-refractivity contribution in [1.82, 2.24) is 5.32 Å². The van der Waals surface area contributed by atoms with Gasteiger partial charge in [0.05, 0.1) is 10.8 Å². The first-order chi connectivity index (χ1) is 13.2. The first-order valence-corrected chi connectivity index (χ1v) is 9.94. The zero-order valence-electron chi connectivity index (χ0n) is 15.3. The molecular formula is C23H24N2OS. The van der Waals surface area contributed by atoms with Crippen LogP contribution in [0.15, 0.2) is 91.0 Å². The van der Waals surface area contributed by atoms with E-state index in [1.54, 1.807) is 18.8 Å². The molecule has 0 radical (unpaired) electrons. The topological polar surface area (TPSA) is 55.1 Å². The Morgan fingerprint density at radius 1 is 0.852 bits per heavy atom. The molecule has 0 saturated heterocycles. The van der Waals surface area contributed by atoms with Gasteiger partial charge in [0.25, 0.3) is 0 Å². The van der Waals surface area contributed by atoms with Gasteiger partial charge in [0.2, 0.25) is 5.91 Å². The Morgan fingerprint density at radius 2 is 1.22 bits per heavy atom. The molecular weight excluding hydrogens is 352 g/mol. The summed E-state index contributed by atoms with van der Waals surface area (Å²) in [6, 6.07) is 30.6. The molecule has 0 fully saturated rings. The van der Waals surface area contributed by atoms with Gasteiger partial charge < -0.3 is 11.1 Å². The van der Waals surface area contributed by atoms with Gasteiger partial charge in [0.15, 0.2) is 0 Å². The number of likely N-dealkylation sites (N-methyl/N-ethyl adjacent to an activating group) is 1. The van der Waals surface area contributed by atoms with Crippen LogP contribution >= 0.6 is 11.8 Å². The van der Waals surface area contributed by atoms with E-state index >= 15 is 0 Å². The van der Waals surface area contributed by atoms with Crippen LogP contribution in [-0.4, -0.2) is 24.7 Å². The number of nitrogens with one attached hydrogen (secondary N) is 1. The van der Waals surface area contributed by atoms with Gasteiger partial charge in [-0.1, -0.05) is 91.0 Å². The lowest BCUT2D eigenvalue weighted by Gasteiger charge is -2.36. The average molecular weight is 377 g/mol. The number of rotatable bonds is 7. The minimum atomic E-state index is -0.574. The van der Waals surface area contributed by atoms with Gasteiger partial charge in [-0.15, -0.1) is 11.8 Å². The van der Waals surface area contributed by atoms with E-state index in [4.69, 9.17) is 5.73 Å². The summed E-state index contributed by atoms with van der Waals surface area (Å²) < 4.78 is -0.449. The van der Waals surface area contributed by atoms with E-state index in [-0.39, 0.29) is 5.91 Å². The van der Waals surface area contributed by atoms with Crippen LogP contribution in [0.2, 0.25) is 0 Å². The zero-order chi connectivity index (χ0) is 19.1.